The Morgan fingerprint density at radius 1 is 0.931 bits per heavy atom. The number of carbonyl (C=O) groups excluding carboxylic acids is 2. The van der Waals surface area contributed by atoms with E-state index < -0.39 is 17.7 Å². The molecule has 2 aliphatic rings. The SMILES string of the molecule is Cc1ccc(N2C(=O)CC(c3ccc(C(F)(F)F)cc3)C3=C2CCCC3=O)cc1. The number of rotatable bonds is 2. The molecule has 1 aliphatic carbocycles. The number of hydrogen-bond acceptors (Lipinski definition) is 2. The number of anilines is 1. The average Bonchev–Trinajstić information content (AvgIpc) is 2.68. The molecule has 0 bridgehead atoms. The molecular weight excluding hydrogens is 379 g/mol. The summed E-state index contributed by atoms with van der Waals surface area (Å²) in [5.74, 6) is -0.678. The van der Waals surface area contributed by atoms with Gasteiger partial charge >= 0.3 is 6.18 Å². The number of halogens is 3. The second-order valence-corrected chi connectivity index (χ2v) is 7.58. The number of amides is 1. The van der Waals surface area contributed by atoms with Gasteiger partial charge in [-0.05, 0) is 49.6 Å². The molecule has 150 valence electrons. The minimum Gasteiger partial charge on any atom is -0.294 e. The van der Waals surface area contributed by atoms with E-state index in [0.29, 0.717) is 41.8 Å². The summed E-state index contributed by atoms with van der Waals surface area (Å²) >= 11 is 0. The van der Waals surface area contributed by atoms with Gasteiger partial charge in [0.1, 0.15) is 0 Å². The summed E-state index contributed by atoms with van der Waals surface area (Å²) in [6, 6.07) is 12.3. The molecule has 1 unspecified atom stereocenters. The van der Waals surface area contributed by atoms with Crippen LogP contribution in [0.25, 0.3) is 0 Å². The molecule has 1 heterocycles. The van der Waals surface area contributed by atoms with Crippen LogP contribution in [0.15, 0.2) is 59.8 Å². The topological polar surface area (TPSA) is 37.4 Å². The molecule has 0 spiro atoms. The molecule has 1 atom stereocenters. The second-order valence-electron chi connectivity index (χ2n) is 7.58. The van der Waals surface area contributed by atoms with E-state index >= 15 is 0 Å². The van der Waals surface area contributed by atoms with E-state index in [9.17, 15) is 22.8 Å². The molecule has 2 aromatic carbocycles. The fraction of sp³-hybridized carbons (Fsp3) is 0.304. The molecule has 6 heteroatoms. The van der Waals surface area contributed by atoms with Crippen LogP contribution in [0.3, 0.4) is 0 Å². The Morgan fingerprint density at radius 2 is 1.59 bits per heavy atom. The van der Waals surface area contributed by atoms with Crippen LogP contribution in [0.4, 0.5) is 18.9 Å². The molecule has 1 amide bonds. The Bertz CT molecular complexity index is 988. The van der Waals surface area contributed by atoms with Crippen molar-refractivity contribution in [1.29, 1.82) is 0 Å². The first-order valence-electron chi connectivity index (χ1n) is 9.59. The predicted octanol–water partition coefficient (Wildman–Crippen LogP) is 5.54. The van der Waals surface area contributed by atoms with Gasteiger partial charge in [-0.1, -0.05) is 29.8 Å². The third-order valence-electron chi connectivity index (χ3n) is 5.61. The third-order valence-corrected chi connectivity index (χ3v) is 5.61. The summed E-state index contributed by atoms with van der Waals surface area (Å²) < 4.78 is 38.7. The van der Waals surface area contributed by atoms with Crippen molar-refractivity contribution in [2.24, 2.45) is 0 Å². The zero-order chi connectivity index (χ0) is 20.8. The van der Waals surface area contributed by atoms with Crippen molar-refractivity contribution in [2.45, 2.75) is 44.7 Å². The van der Waals surface area contributed by atoms with Crippen LogP contribution in [-0.4, -0.2) is 11.7 Å². The fourth-order valence-electron chi connectivity index (χ4n) is 4.18. The first-order valence-corrected chi connectivity index (χ1v) is 9.59. The van der Waals surface area contributed by atoms with E-state index in [1.807, 2.05) is 31.2 Å². The summed E-state index contributed by atoms with van der Waals surface area (Å²) in [4.78, 5) is 27.5. The molecule has 29 heavy (non-hydrogen) atoms. The highest BCUT2D eigenvalue weighted by atomic mass is 19.4. The zero-order valence-electron chi connectivity index (χ0n) is 15.9. The summed E-state index contributed by atoms with van der Waals surface area (Å²) in [5, 5.41) is 0. The minimum atomic E-state index is -4.42. The van der Waals surface area contributed by atoms with Gasteiger partial charge in [0.15, 0.2) is 5.78 Å². The highest BCUT2D eigenvalue weighted by Gasteiger charge is 2.40. The number of nitrogens with zero attached hydrogens (tertiary/aromatic N) is 1. The zero-order valence-corrected chi connectivity index (χ0v) is 15.9. The molecule has 1 aliphatic heterocycles. The van der Waals surface area contributed by atoms with Gasteiger partial charge in [-0.15, -0.1) is 0 Å². The van der Waals surface area contributed by atoms with E-state index in [1.165, 1.54) is 12.1 Å². The average molecular weight is 399 g/mol. The van der Waals surface area contributed by atoms with E-state index in [4.69, 9.17) is 0 Å². The molecule has 2 aromatic rings. The van der Waals surface area contributed by atoms with E-state index in [2.05, 4.69) is 0 Å². The Kier molecular flexibility index (Phi) is 4.81. The van der Waals surface area contributed by atoms with Crippen LogP contribution in [0, 0.1) is 6.92 Å². The number of aryl methyl sites for hydroxylation is 1. The molecule has 0 saturated carbocycles. The quantitative estimate of drug-likeness (QED) is 0.665. The maximum absolute atomic E-state index is 13.1. The monoisotopic (exact) mass is 399 g/mol. The summed E-state index contributed by atoms with van der Waals surface area (Å²) in [7, 11) is 0. The van der Waals surface area contributed by atoms with Crippen LogP contribution in [0.2, 0.25) is 0 Å². The van der Waals surface area contributed by atoms with Gasteiger partial charge in [-0.25, -0.2) is 0 Å². The highest BCUT2D eigenvalue weighted by molar-refractivity contribution is 6.07. The highest BCUT2D eigenvalue weighted by Crippen LogP contribution is 2.43. The lowest BCUT2D eigenvalue weighted by atomic mass is 9.77. The Labute approximate surface area is 166 Å². The van der Waals surface area contributed by atoms with Gasteiger partial charge in [0.2, 0.25) is 5.91 Å². The lowest BCUT2D eigenvalue weighted by Gasteiger charge is -2.38. The summed E-state index contributed by atoms with van der Waals surface area (Å²) in [5.41, 5.74) is 2.86. The number of hydrogen-bond donors (Lipinski definition) is 0. The van der Waals surface area contributed by atoms with Gasteiger partial charge in [-0.2, -0.15) is 13.2 Å². The molecule has 0 aromatic heterocycles. The van der Waals surface area contributed by atoms with Crippen molar-refractivity contribution in [3.8, 4) is 0 Å². The number of benzene rings is 2. The van der Waals surface area contributed by atoms with E-state index in [0.717, 1.165) is 17.7 Å². The van der Waals surface area contributed by atoms with Crippen LogP contribution >= 0.6 is 0 Å². The van der Waals surface area contributed by atoms with Gasteiger partial charge in [0.25, 0.3) is 0 Å². The molecule has 3 nitrogen and oxygen atoms in total. The molecule has 0 radical (unpaired) electrons. The first kappa shape index (κ1) is 19.4. The number of ketones is 1. The third kappa shape index (κ3) is 3.59. The number of carbonyl (C=O) groups is 2. The Hall–Kier alpha value is -2.89. The lowest BCUT2D eigenvalue weighted by molar-refractivity contribution is -0.137. The number of allylic oxidation sites excluding steroid dienone is 2. The molecule has 0 N–H and O–H groups in total. The van der Waals surface area contributed by atoms with Gasteiger partial charge in [0.05, 0.1) is 5.56 Å². The van der Waals surface area contributed by atoms with Gasteiger partial charge < -0.3 is 0 Å². The van der Waals surface area contributed by atoms with Gasteiger partial charge in [0, 0.05) is 35.7 Å². The summed E-state index contributed by atoms with van der Waals surface area (Å²) in [6.07, 6.45) is -2.71. The van der Waals surface area contributed by atoms with Crippen LogP contribution < -0.4 is 4.90 Å². The van der Waals surface area contributed by atoms with Crippen molar-refractivity contribution in [3.63, 3.8) is 0 Å². The largest absolute Gasteiger partial charge is 0.416 e. The van der Waals surface area contributed by atoms with E-state index in [1.54, 1.807) is 4.90 Å². The molecule has 0 saturated heterocycles. The predicted molar refractivity (Wildman–Crippen MR) is 103 cm³/mol. The van der Waals surface area contributed by atoms with Crippen molar-refractivity contribution >= 4 is 17.4 Å². The minimum absolute atomic E-state index is 0.0271. The van der Waals surface area contributed by atoms with Crippen molar-refractivity contribution in [2.75, 3.05) is 4.90 Å². The summed E-state index contributed by atoms with van der Waals surface area (Å²) in [6.45, 7) is 1.96. The van der Waals surface area contributed by atoms with E-state index in [-0.39, 0.29) is 18.1 Å². The van der Waals surface area contributed by atoms with Crippen molar-refractivity contribution in [1.82, 2.24) is 0 Å². The fourth-order valence-corrected chi connectivity index (χ4v) is 4.18. The smallest absolute Gasteiger partial charge is 0.294 e. The Morgan fingerprint density at radius 3 is 2.21 bits per heavy atom. The molecule has 0 fully saturated rings. The van der Waals surface area contributed by atoms with Crippen LogP contribution in [0.1, 0.15) is 48.3 Å². The normalized spacial score (nSPS) is 20.1. The number of Topliss-reactive ketones (excluding diaryl/α,β-unsaturated/α-hetero) is 1. The van der Waals surface area contributed by atoms with Crippen LogP contribution in [-0.2, 0) is 15.8 Å². The van der Waals surface area contributed by atoms with Gasteiger partial charge in [-0.3, -0.25) is 14.5 Å². The van der Waals surface area contributed by atoms with Crippen LogP contribution in [0.5, 0.6) is 0 Å². The maximum atomic E-state index is 13.1. The molecule has 4 rings (SSSR count). The first-order chi connectivity index (χ1) is 13.8. The lowest BCUT2D eigenvalue weighted by Crippen LogP contribution is -2.40. The van der Waals surface area contributed by atoms with Crippen molar-refractivity contribution < 1.29 is 22.8 Å². The van der Waals surface area contributed by atoms with Crippen molar-refractivity contribution in [3.05, 3.63) is 76.5 Å². The maximum Gasteiger partial charge on any atom is 0.416 e. The standard InChI is InChI=1S/C23H20F3NO2/c1-14-5-11-17(12-6-14)27-19-3-2-4-20(28)22(19)18(13-21(27)29)15-7-9-16(10-8-15)23(24,25)26/h5-12,18H,2-4,13H2,1H3. The number of alkyl halides is 3. The second kappa shape index (κ2) is 7.17. The Balaban J connectivity index is 1.79. The molecular formula is C23H20F3NO2.